The molecule has 1 fully saturated rings. The maximum Gasteiger partial charge on any atom is 0.273 e. The van der Waals surface area contributed by atoms with Gasteiger partial charge in [0.25, 0.3) is 5.91 Å². The van der Waals surface area contributed by atoms with Crippen LogP contribution in [-0.4, -0.2) is 45.4 Å². The smallest absolute Gasteiger partial charge is 0.273 e. The third kappa shape index (κ3) is 5.11. The van der Waals surface area contributed by atoms with Gasteiger partial charge in [0, 0.05) is 29.8 Å². The van der Waals surface area contributed by atoms with Crippen molar-refractivity contribution in [2.45, 2.75) is 31.7 Å². The van der Waals surface area contributed by atoms with E-state index in [1.165, 1.54) is 30.3 Å². The number of carbonyl (C=O) groups excluding carboxylic acids is 4. The van der Waals surface area contributed by atoms with E-state index in [1.807, 2.05) is 0 Å². The van der Waals surface area contributed by atoms with Gasteiger partial charge in [-0.25, -0.2) is 9.40 Å². The molecule has 3 amide bonds. The van der Waals surface area contributed by atoms with Crippen LogP contribution in [0, 0.1) is 5.82 Å². The fourth-order valence-electron chi connectivity index (χ4n) is 3.39. The molecule has 2 aromatic rings. The monoisotopic (exact) mass is 498 g/mol. The van der Waals surface area contributed by atoms with E-state index in [9.17, 15) is 23.6 Å². The Morgan fingerprint density at radius 2 is 1.56 bits per heavy atom. The van der Waals surface area contributed by atoms with Crippen LogP contribution in [-0.2, 0) is 9.59 Å². The lowest BCUT2D eigenvalue weighted by atomic mass is 10.00. The summed E-state index contributed by atoms with van der Waals surface area (Å²) in [5.41, 5.74) is 0.127. The number of rotatable bonds is 7. The third-order valence-corrected chi connectivity index (χ3v) is 5.91. The highest BCUT2D eigenvalue weighted by Gasteiger charge is 2.41. The zero-order valence-corrected chi connectivity index (χ0v) is 19.0. The van der Waals surface area contributed by atoms with E-state index < -0.39 is 35.4 Å². The summed E-state index contributed by atoms with van der Waals surface area (Å²) in [7, 11) is 0. The molecule has 1 saturated heterocycles. The van der Waals surface area contributed by atoms with Gasteiger partial charge in [-0.15, -0.1) is 11.6 Å². The fraction of sp³-hybridized carbons (Fsp3) is 0.273. The number of hydrogen-bond donors (Lipinski definition) is 0. The summed E-state index contributed by atoms with van der Waals surface area (Å²) in [4.78, 5) is 52.2. The molecule has 0 spiro atoms. The number of alkyl halides is 1. The molecule has 2 aromatic carbocycles. The van der Waals surface area contributed by atoms with Gasteiger partial charge in [-0.05, 0) is 55.3 Å². The molecule has 0 radical (unpaired) electrons. The van der Waals surface area contributed by atoms with E-state index in [0.29, 0.717) is 11.4 Å². The molecule has 32 heavy (non-hydrogen) atoms. The number of hydrazine groups is 1. The van der Waals surface area contributed by atoms with Crippen molar-refractivity contribution < 1.29 is 23.6 Å². The lowest BCUT2D eigenvalue weighted by Gasteiger charge is -2.39. The van der Waals surface area contributed by atoms with E-state index in [-0.39, 0.29) is 46.3 Å². The third-order valence-electron chi connectivity index (χ3n) is 4.95. The van der Waals surface area contributed by atoms with Gasteiger partial charge >= 0.3 is 0 Å². The second kappa shape index (κ2) is 10.4. The zero-order chi connectivity index (χ0) is 23.4. The minimum Gasteiger partial charge on any atom is -0.292 e. The first-order chi connectivity index (χ1) is 15.2. The minimum atomic E-state index is -1.29. The van der Waals surface area contributed by atoms with Crippen molar-refractivity contribution in [2.24, 2.45) is 0 Å². The average molecular weight is 500 g/mol. The van der Waals surface area contributed by atoms with E-state index in [2.05, 4.69) is 0 Å². The van der Waals surface area contributed by atoms with Gasteiger partial charge in [-0.2, -0.15) is 5.01 Å². The first kappa shape index (κ1) is 24.2. The highest BCUT2D eigenvalue weighted by molar-refractivity contribution is 6.42. The Morgan fingerprint density at radius 1 is 0.969 bits per heavy atom. The molecule has 0 aliphatic carbocycles. The van der Waals surface area contributed by atoms with Gasteiger partial charge in [-0.1, -0.05) is 23.2 Å². The quantitative estimate of drug-likeness (QED) is 0.308. The predicted molar refractivity (Wildman–Crippen MR) is 118 cm³/mol. The first-order valence-electron chi connectivity index (χ1n) is 9.74. The van der Waals surface area contributed by atoms with E-state index >= 15 is 0 Å². The van der Waals surface area contributed by atoms with Crippen molar-refractivity contribution in [1.29, 1.82) is 0 Å². The SMILES string of the molecule is O=C(c1ccc(F)cc1)[C@@H](CCCl)N(C(=O)c1ccc(Cl)c(Cl)c1)N1C(=O)CCCC1=O. The summed E-state index contributed by atoms with van der Waals surface area (Å²) in [6, 6.07) is 7.52. The Morgan fingerprint density at radius 3 is 2.12 bits per heavy atom. The van der Waals surface area contributed by atoms with Gasteiger partial charge in [0.05, 0.1) is 10.0 Å². The van der Waals surface area contributed by atoms with Crippen LogP contribution in [0.3, 0.4) is 0 Å². The normalized spacial score (nSPS) is 14.9. The summed E-state index contributed by atoms with van der Waals surface area (Å²) < 4.78 is 13.4. The Kier molecular flexibility index (Phi) is 7.87. The lowest BCUT2D eigenvalue weighted by Crippen LogP contribution is -2.60. The lowest BCUT2D eigenvalue weighted by molar-refractivity contribution is -0.165. The fourth-order valence-corrected chi connectivity index (χ4v) is 3.89. The topological polar surface area (TPSA) is 74.8 Å². The highest BCUT2D eigenvalue weighted by Crippen LogP contribution is 2.27. The Bertz CT molecular complexity index is 1050. The maximum atomic E-state index is 13.5. The van der Waals surface area contributed by atoms with Crippen molar-refractivity contribution in [3.63, 3.8) is 0 Å². The van der Waals surface area contributed by atoms with Gasteiger partial charge in [0.2, 0.25) is 11.8 Å². The molecule has 1 aliphatic rings. The molecule has 3 rings (SSSR count). The molecule has 6 nitrogen and oxygen atoms in total. The van der Waals surface area contributed by atoms with Gasteiger partial charge in [0.1, 0.15) is 11.9 Å². The summed E-state index contributed by atoms with van der Waals surface area (Å²) in [6.45, 7) is 0. The van der Waals surface area contributed by atoms with Gasteiger partial charge < -0.3 is 0 Å². The number of amides is 3. The number of benzene rings is 2. The number of piperidine rings is 1. The maximum absolute atomic E-state index is 13.5. The van der Waals surface area contributed by atoms with Crippen LogP contribution in [0.25, 0.3) is 0 Å². The Hall–Kier alpha value is -2.48. The number of carbonyl (C=O) groups is 4. The number of Topliss-reactive ketones (excluding diaryl/α,β-unsaturated/α-hetero) is 1. The molecule has 168 valence electrons. The number of halogens is 4. The Balaban J connectivity index is 2.11. The molecule has 1 atom stereocenters. The molecule has 0 N–H and O–H groups in total. The van der Waals surface area contributed by atoms with Crippen LogP contribution in [0.4, 0.5) is 4.39 Å². The van der Waals surface area contributed by atoms with Gasteiger partial charge in [-0.3, -0.25) is 19.2 Å². The van der Waals surface area contributed by atoms with E-state index in [1.54, 1.807) is 0 Å². The van der Waals surface area contributed by atoms with Crippen LogP contribution in [0.2, 0.25) is 10.0 Å². The standard InChI is InChI=1S/C22H18Cl3FN2O4/c23-11-10-18(21(31)13-4-7-15(26)8-5-13)27(28-19(29)2-1-3-20(28)30)22(32)14-6-9-16(24)17(25)12-14/h4-9,12,18H,1-3,10-11H2/t18-/m1/s1. The van der Waals surface area contributed by atoms with Crippen LogP contribution in [0.15, 0.2) is 42.5 Å². The van der Waals surface area contributed by atoms with Crippen LogP contribution < -0.4 is 0 Å². The van der Waals surface area contributed by atoms with Crippen molar-refractivity contribution >= 4 is 58.3 Å². The minimum absolute atomic E-state index is 0.0250. The molecule has 0 saturated carbocycles. The van der Waals surface area contributed by atoms with Crippen LogP contribution >= 0.6 is 34.8 Å². The molecular weight excluding hydrogens is 482 g/mol. The first-order valence-corrected chi connectivity index (χ1v) is 11.0. The summed E-state index contributed by atoms with van der Waals surface area (Å²) >= 11 is 17.9. The highest BCUT2D eigenvalue weighted by atomic mass is 35.5. The summed E-state index contributed by atoms with van der Waals surface area (Å²) in [5.74, 6) is -3.19. The summed E-state index contributed by atoms with van der Waals surface area (Å²) in [5, 5.41) is 1.86. The van der Waals surface area contributed by atoms with Crippen LogP contribution in [0.1, 0.15) is 46.4 Å². The van der Waals surface area contributed by atoms with Crippen LogP contribution in [0.5, 0.6) is 0 Å². The Labute approximate surface area is 198 Å². The van der Waals surface area contributed by atoms with Crippen molar-refractivity contribution in [3.8, 4) is 0 Å². The van der Waals surface area contributed by atoms with Gasteiger partial charge in [0.15, 0.2) is 5.78 Å². The summed E-state index contributed by atoms with van der Waals surface area (Å²) in [6.07, 6.45) is 0.362. The molecule has 0 bridgehead atoms. The predicted octanol–water partition coefficient (Wildman–Crippen LogP) is 4.91. The zero-order valence-electron chi connectivity index (χ0n) is 16.7. The molecule has 1 aliphatic heterocycles. The van der Waals surface area contributed by atoms with Crippen molar-refractivity contribution in [3.05, 3.63) is 69.5 Å². The average Bonchev–Trinajstić information content (AvgIpc) is 2.77. The molecule has 10 heteroatoms. The molecule has 0 unspecified atom stereocenters. The number of imide groups is 1. The molecule has 0 aromatic heterocycles. The van der Waals surface area contributed by atoms with E-state index in [0.717, 1.165) is 17.1 Å². The van der Waals surface area contributed by atoms with Crippen molar-refractivity contribution in [1.82, 2.24) is 10.0 Å². The van der Waals surface area contributed by atoms with Crippen molar-refractivity contribution in [2.75, 3.05) is 5.88 Å². The largest absolute Gasteiger partial charge is 0.292 e. The number of hydrogen-bond acceptors (Lipinski definition) is 4. The number of ketones is 1. The second-order valence-electron chi connectivity index (χ2n) is 7.10. The molecule has 1 heterocycles. The van der Waals surface area contributed by atoms with E-state index in [4.69, 9.17) is 34.8 Å². The number of nitrogens with zero attached hydrogens (tertiary/aromatic N) is 2. The molecular formula is C22H18Cl3FN2O4. The second-order valence-corrected chi connectivity index (χ2v) is 8.29.